The molecule has 2 aliphatic carbocycles. The summed E-state index contributed by atoms with van der Waals surface area (Å²) < 4.78 is 0. The third-order valence-electron chi connectivity index (χ3n) is 4.29. The van der Waals surface area contributed by atoms with Crippen molar-refractivity contribution >= 4 is 0 Å². The first-order chi connectivity index (χ1) is 6.83. The zero-order valence-corrected chi connectivity index (χ0v) is 8.86. The molecule has 2 saturated carbocycles. The van der Waals surface area contributed by atoms with Crippen molar-refractivity contribution in [3.8, 4) is 0 Å². The normalized spacial score (nSPS) is 43.3. The van der Waals surface area contributed by atoms with E-state index in [2.05, 4.69) is 0 Å². The van der Waals surface area contributed by atoms with E-state index in [-0.39, 0.29) is 0 Å². The van der Waals surface area contributed by atoms with E-state index in [1.165, 1.54) is 38.5 Å². The van der Waals surface area contributed by atoms with Crippen LogP contribution in [0.15, 0.2) is 0 Å². The van der Waals surface area contributed by atoms with Crippen molar-refractivity contribution in [2.24, 2.45) is 23.7 Å². The smallest absolute Gasteiger partial charge is 0.0462 e. The van der Waals surface area contributed by atoms with Gasteiger partial charge in [0.2, 0.25) is 0 Å². The summed E-state index contributed by atoms with van der Waals surface area (Å²) in [5.74, 6) is 2.68. The summed E-state index contributed by atoms with van der Waals surface area (Å²) in [4.78, 5) is 0. The number of hydrogen-bond donors (Lipinski definition) is 2. The van der Waals surface area contributed by atoms with E-state index in [0.29, 0.717) is 25.0 Å². The van der Waals surface area contributed by atoms with Crippen molar-refractivity contribution in [1.82, 2.24) is 0 Å². The first-order valence-electron chi connectivity index (χ1n) is 6.05. The van der Waals surface area contributed by atoms with Crippen molar-refractivity contribution in [2.75, 3.05) is 13.2 Å². The fraction of sp³-hybridized carbons (Fsp3) is 1.00. The van der Waals surface area contributed by atoms with E-state index in [1.807, 2.05) is 0 Å². The number of aliphatic hydroxyl groups excluding tert-OH is 2. The summed E-state index contributed by atoms with van der Waals surface area (Å²) in [5.41, 5.74) is 0. The minimum atomic E-state index is 0.366. The molecule has 2 heteroatoms. The third-order valence-corrected chi connectivity index (χ3v) is 4.29. The van der Waals surface area contributed by atoms with Crippen LogP contribution in [0.2, 0.25) is 0 Å². The Labute approximate surface area is 86.3 Å². The largest absolute Gasteiger partial charge is 0.396 e. The van der Waals surface area contributed by atoms with Crippen molar-refractivity contribution < 1.29 is 10.2 Å². The standard InChI is InChI=1S/C12H22O2/c13-7-9-2-1-3-11-5-10(4-9)6-12(11)8-14/h9-14H,1-8H2. The van der Waals surface area contributed by atoms with Gasteiger partial charge in [0.25, 0.3) is 0 Å². The molecule has 4 atom stereocenters. The lowest BCUT2D eigenvalue weighted by atomic mass is 9.84. The predicted octanol–water partition coefficient (Wildman–Crippen LogP) is 1.80. The molecule has 0 amide bonds. The second-order valence-corrected chi connectivity index (χ2v) is 5.26. The molecule has 0 radical (unpaired) electrons. The molecular weight excluding hydrogens is 176 g/mol. The maximum Gasteiger partial charge on any atom is 0.0462 e. The van der Waals surface area contributed by atoms with Gasteiger partial charge in [0.15, 0.2) is 0 Å². The minimum absolute atomic E-state index is 0.366. The van der Waals surface area contributed by atoms with Gasteiger partial charge in [0.05, 0.1) is 0 Å². The summed E-state index contributed by atoms with van der Waals surface area (Å²) in [7, 11) is 0. The average molecular weight is 198 g/mol. The number of aliphatic hydroxyl groups is 2. The summed E-state index contributed by atoms with van der Waals surface area (Å²) in [6, 6.07) is 0. The molecule has 2 N–H and O–H groups in total. The summed E-state index contributed by atoms with van der Waals surface area (Å²) in [6.45, 7) is 0.746. The lowest BCUT2D eigenvalue weighted by Gasteiger charge is -2.22. The van der Waals surface area contributed by atoms with Crippen molar-refractivity contribution in [1.29, 1.82) is 0 Å². The van der Waals surface area contributed by atoms with Gasteiger partial charge in [-0.3, -0.25) is 0 Å². The Hall–Kier alpha value is -0.0800. The Kier molecular flexibility index (Phi) is 3.45. The van der Waals surface area contributed by atoms with Crippen LogP contribution in [0.1, 0.15) is 38.5 Å². The summed E-state index contributed by atoms with van der Waals surface area (Å²) in [5, 5.41) is 18.5. The molecule has 2 aliphatic rings. The summed E-state index contributed by atoms with van der Waals surface area (Å²) >= 11 is 0. The highest BCUT2D eigenvalue weighted by molar-refractivity contribution is 4.86. The summed E-state index contributed by atoms with van der Waals surface area (Å²) in [6.07, 6.45) is 7.43. The fourth-order valence-electron chi connectivity index (χ4n) is 3.53. The van der Waals surface area contributed by atoms with Crippen LogP contribution in [0.4, 0.5) is 0 Å². The zero-order valence-electron chi connectivity index (χ0n) is 8.86. The van der Waals surface area contributed by atoms with E-state index >= 15 is 0 Å². The molecule has 0 aliphatic heterocycles. The minimum Gasteiger partial charge on any atom is -0.396 e. The van der Waals surface area contributed by atoms with Crippen molar-refractivity contribution in [3.05, 3.63) is 0 Å². The SMILES string of the molecule is OCC1CCCC2CC(C1)CC2CO. The van der Waals surface area contributed by atoms with Gasteiger partial charge in [-0.2, -0.15) is 0 Å². The highest BCUT2D eigenvalue weighted by Gasteiger charge is 2.35. The highest BCUT2D eigenvalue weighted by atomic mass is 16.3. The quantitative estimate of drug-likeness (QED) is 0.710. The molecule has 0 aromatic rings. The second-order valence-electron chi connectivity index (χ2n) is 5.26. The Morgan fingerprint density at radius 3 is 2.50 bits per heavy atom. The lowest BCUT2D eigenvalue weighted by molar-refractivity contribution is 0.175. The van der Waals surface area contributed by atoms with Crippen LogP contribution < -0.4 is 0 Å². The third kappa shape index (κ3) is 2.12. The molecule has 0 aromatic carbocycles. The Balaban J connectivity index is 1.96. The van der Waals surface area contributed by atoms with Gasteiger partial charge >= 0.3 is 0 Å². The van der Waals surface area contributed by atoms with Gasteiger partial charge in [0, 0.05) is 13.2 Å². The van der Waals surface area contributed by atoms with Gasteiger partial charge in [-0.05, 0) is 49.4 Å². The molecule has 2 bridgehead atoms. The molecule has 0 spiro atoms. The second kappa shape index (κ2) is 4.63. The Morgan fingerprint density at radius 2 is 1.79 bits per heavy atom. The highest BCUT2D eigenvalue weighted by Crippen LogP contribution is 2.44. The van der Waals surface area contributed by atoms with Gasteiger partial charge in [-0.1, -0.05) is 12.8 Å². The van der Waals surface area contributed by atoms with Crippen molar-refractivity contribution in [3.63, 3.8) is 0 Å². The number of rotatable bonds is 2. The van der Waals surface area contributed by atoms with Crippen LogP contribution in [0, 0.1) is 23.7 Å². The van der Waals surface area contributed by atoms with Crippen LogP contribution in [-0.2, 0) is 0 Å². The van der Waals surface area contributed by atoms with Crippen LogP contribution >= 0.6 is 0 Å². The molecule has 4 unspecified atom stereocenters. The molecular formula is C12H22O2. The Morgan fingerprint density at radius 1 is 0.929 bits per heavy atom. The van der Waals surface area contributed by atoms with Crippen LogP contribution in [-0.4, -0.2) is 23.4 Å². The van der Waals surface area contributed by atoms with Crippen LogP contribution in [0.5, 0.6) is 0 Å². The average Bonchev–Trinajstić information content (AvgIpc) is 2.57. The van der Waals surface area contributed by atoms with E-state index in [0.717, 1.165) is 11.8 Å². The first-order valence-corrected chi connectivity index (χ1v) is 6.05. The molecule has 0 aromatic heterocycles. The number of fused-ring (bicyclic) bond motifs is 2. The maximum absolute atomic E-state index is 9.27. The maximum atomic E-state index is 9.27. The van der Waals surface area contributed by atoms with Gasteiger partial charge < -0.3 is 10.2 Å². The van der Waals surface area contributed by atoms with E-state index in [1.54, 1.807) is 0 Å². The molecule has 2 fully saturated rings. The molecule has 2 nitrogen and oxygen atoms in total. The number of hydrogen-bond acceptors (Lipinski definition) is 2. The van der Waals surface area contributed by atoms with Gasteiger partial charge in [-0.15, -0.1) is 0 Å². The molecule has 0 saturated heterocycles. The molecule has 14 heavy (non-hydrogen) atoms. The van der Waals surface area contributed by atoms with E-state index < -0.39 is 0 Å². The van der Waals surface area contributed by atoms with Crippen LogP contribution in [0.3, 0.4) is 0 Å². The Bertz CT molecular complexity index is 179. The first kappa shape index (κ1) is 10.4. The zero-order chi connectivity index (χ0) is 9.97. The molecule has 0 heterocycles. The van der Waals surface area contributed by atoms with Gasteiger partial charge in [0.1, 0.15) is 0 Å². The van der Waals surface area contributed by atoms with Crippen LogP contribution in [0.25, 0.3) is 0 Å². The molecule has 2 rings (SSSR count). The predicted molar refractivity (Wildman–Crippen MR) is 55.8 cm³/mol. The fourth-order valence-corrected chi connectivity index (χ4v) is 3.53. The lowest BCUT2D eigenvalue weighted by Crippen LogP contribution is -2.15. The van der Waals surface area contributed by atoms with Gasteiger partial charge in [-0.25, -0.2) is 0 Å². The monoisotopic (exact) mass is 198 g/mol. The topological polar surface area (TPSA) is 40.5 Å². The molecule has 82 valence electrons. The van der Waals surface area contributed by atoms with Crippen molar-refractivity contribution in [2.45, 2.75) is 38.5 Å². The van der Waals surface area contributed by atoms with E-state index in [9.17, 15) is 10.2 Å². The van der Waals surface area contributed by atoms with E-state index in [4.69, 9.17) is 0 Å².